The van der Waals surface area contributed by atoms with Crippen molar-refractivity contribution in [3.8, 4) is 0 Å². The van der Waals surface area contributed by atoms with Gasteiger partial charge in [0.1, 0.15) is 0 Å². The van der Waals surface area contributed by atoms with Gasteiger partial charge in [-0.1, -0.05) is 13.5 Å². The summed E-state index contributed by atoms with van der Waals surface area (Å²) in [7, 11) is -2.86. The Balaban J connectivity index is 5.55. The number of allylic oxidation sites excluding steroid dienone is 1. The highest BCUT2D eigenvalue weighted by Gasteiger charge is 2.79. The van der Waals surface area contributed by atoms with E-state index >= 15 is 0 Å². The fraction of sp³-hybridized carbons (Fsp3) is 0.778. The van der Waals surface area contributed by atoms with Crippen molar-refractivity contribution >= 4 is 29.6 Å². The summed E-state index contributed by atoms with van der Waals surface area (Å²) in [6.45, 7) is 3.19. The average Bonchev–Trinajstić information content (AvgIpc) is 2.27. The van der Waals surface area contributed by atoms with E-state index in [1.165, 1.54) is 0 Å². The van der Waals surface area contributed by atoms with Crippen LogP contribution in [0.15, 0.2) is 12.7 Å². The molecule has 0 saturated carbocycles. The second-order valence-electron chi connectivity index (χ2n) is 4.20. The van der Waals surface area contributed by atoms with Crippen LogP contribution in [0.3, 0.4) is 0 Å². The number of rotatable bonds is 7. The maximum absolute atomic E-state index is 13.3. The first-order chi connectivity index (χ1) is 8.64. The summed E-state index contributed by atoms with van der Waals surface area (Å²) in [5, 5.41) is 0. The molecule has 0 spiro atoms. The lowest BCUT2D eigenvalue weighted by Gasteiger charge is -2.36. The first-order valence-electron chi connectivity index (χ1n) is 5.07. The molecular formula is C9H10Cl2F8Si. The summed E-state index contributed by atoms with van der Waals surface area (Å²) in [5.74, 6) is -23.5. The van der Waals surface area contributed by atoms with Crippen LogP contribution >= 0.6 is 22.2 Å². The van der Waals surface area contributed by atoms with Crippen LogP contribution in [-0.4, -0.2) is 31.1 Å². The summed E-state index contributed by atoms with van der Waals surface area (Å²) in [4.78, 5) is 0. The molecular weight excluding hydrogens is 359 g/mol. The Kier molecular flexibility index (Phi) is 5.99. The van der Waals surface area contributed by atoms with Crippen LogP contribution in [0.4, 0.5) is 35.1 Å². The molecule has 1 atom stereocenters. The zero-order chi connectivity index (χ0) is 16.6. The van der Waals surface area contributed by atoms with Gasteiger partial charge in [-0.05, 0) is 11.6 Å². The number of halogens is 10. The number of alkyl halides is 8. The Hall–Kier alpha value is -0.0231. The van der Waals surface area contributed by atoms with Gasteiger partial charge in [0.2, 0.25) is 7.42 Å². The van der Waals surface area contributed by atoms with E-state index in [1.807, 2.05) is 0 Å². The van der Waals surface area contributed by atoms with Crippen molar-refractivity contribution in [2.24, 2.45) is 0 Å². The van der Waals surface area contributed by atoms with E-state index in [-0.39, 0.29) is 0 Å². The van der Waals surface area contributed by atoms with Crippen LogP contribution in [0.25, 0.3) is 0 Å². The van der Waals surface area contributed by atoms with E-state index in [0.717, 1.165) is 6.92 Å². The smallest absolute Gasteiger partial charge is 0.200 e. The highest BCUT2D eigenvalue weighted by Crippen LogP contribution is 2.55. The molecule has 0 radical (unpaired) electrons. The lowest BCUT2D eigenvalue weighted by molar-refractivity contribution is -0.356. The maximum Gasteiger partial charge on any atom is 0.381 e. The minimum absolute atomic E-state index is 0.804. The van der Waals surface area contributed by atoms with Gasteiger partial charge in [-0.2, -0.15) is 57.3 Å². The molecule has 0 aliphatic rings. The van der Waals surface area contributed by atoms with E-state index < -0.39 is 49.1 Å². The fourth-order valence-corrected chi connectivity index (χ4v) is 2.20. The maximum atomic E-state index is 13.3. The molecule has 20 heavy (non-hydrogen) atoms. The molecule has 0 aliphatic heterocycles. The molecule has 11 heteroatoms. The zero-order valence-electron chi connectivity index (χ0n) is 9.93. The van der Waals surface area contributed by atoms with Gasteiger partial charge >= 0.3 is 23.7 Å². The molecule has 0 fully saturated rings. The van der Waals surface area contributed by atoms with Gasteiger partial charge in [0, 0.05) is 6.42 Å². The van der Waals surface area contributed by atoms with Gasteiger partial charge in [0.15, 0.2) is 0 Å². The molecule has 0 saturated heterocycles. The first-order valence-corrected chi connectivity index (χ1v) is 9.23. The summed E-state index contributed by atoms with van der Waals surface area (Å²) in [6.07, 6.45) is -2.63. The molecule has 0 heterocycles. The van der Waals surface area contributed by atoms with E-state index in [9.17, 15) is 35.1 Å². The Bertz CT molecular complexity index is 358. The minimum atomic E-state index is -6.30. The third-order valence-corrected chi connectivity index (χ3v) is 6.21. The Labute approximate surface area is 120 Å². The van der Waals surface area contributed by atoms with Gasteiger partial charge in [-0.15, -0.1) is 0 Å². The topological polar surface area (TPSA) is 0 Å². The van der Waals surface area contributed by atoms with E-state index in [1.54, 1.807) is 0 Å². The van der Waals surface area contributed by atoms with Gasteiger partial charge in [-0.25, -0.2) is 0 Å². The van der Waals surface area contributed by atoms with E-state index in [0.29, 0.717) is 0 Å². The van der Waals surface area contributed by atoms with Crippen molar-refractivity contribution in [1.82, 2.24) is 0 Å². The Morgan fingerprint density at radius 2 is 1.40 bits per heavy atom. The van der Waals surface area contributed by atoms with Crippen molar-refractivity contribution in [2.45, 2.75) is 42.6 Å². The normalized spacial score (nSPS) is 16.4. The average molecular weight is 369 g/mol. The molecule has 0 rings (SSSR count). The molecule has 0 aliphatic carbocycles. The van der Waals surface area contributed by atoms with Crippen LogP contribution in [0.1, 0.15) is 13.3 Å². The van der Waals surface area contributed by atoms with Crippen molar-refractivity contribution in [3.63, 3.8) is 0 Å². The molecule has 0 aromatic heterocycles. The largest absolute Gasteiger partial charge is 0.381 e. The first kappa shape index (κ1) is 20.0. The van der Waals surface area contributed by atoms with Crippen LogP contribution in [0.2, 0.25) is 5.54 Å². The minimum Gasteiger partial charge on any atom is -0.200 e. The van der Waals surface area contributed by atoms with Crippen LogP contribution in [-0.2, 0) is 0 Å². The monoisotopic (exact) mass is 368 g/mol. The summed E-state index contributed by atoms with van der Waals surface area (Å²) in [5.41, 5.74) is -1.38. The molecule has 0 aromatic rings. The van der Waals surface area contributed by atoms with E-state index in [2.05, 4.69) is 6.58 Å². The van der Waals surface area contributed by atoms with Crippen molar-refractivity contribution < 1.29 is 35.1 Å². The molecule has 0 amide bonds. The van der Waals surface area contributed by atoms with Gasteiger partial charge < -0.3 is 0 Å². The number of hydrogen-bond acceptors (Lipinski definition) is 0. The zero-order valence-corrected chi connectivity index (χ0v) is 12.6. The Morgan fingerprint density at radius 3 is 1.70 bits per heavy atom. The number of hydrogen-bond donors (Lipinski definition) is 0. The molecule has 0 nitrogen and oxygen atoms in total. The standard InChI is InChI=1S/C9H10Cl2F8Si/c1-3-6(12,13)8(16,17)9(18,19)7(14,15)4-5(2)20(10)11/h3,5,20H,1,4H2,2H3. The van der Waals surface area contributed by atoms with Crippen molar-refractivity contribution in [3.05, 3.63) is 12.7 Å². The summed E-state index contributed by atoms with van der Waals surface area (Å²) >= 11 is 10.6. The van der Waals surface area contributed by atoms with Crippen LogP contribution in [0.5, 0.6) is 0 Å². The van der Waals surface area contributed by atoms with Crippen molar-refractivity contribution in [1.29, 1.82) is 0 Å². The van der Waals surface area contributed by atoms with Crippen molar-refractivity contribution in [2.75, 3.05) is 0 Å². The molecule has 0 aromatic carbocycles. The van der Waals surface area contributed by atoms with Gasteiger partial charge in [0.25, 0.3) is 0 Å². The predicted octanol–water partition coefficient (Wildman–Crippen LogP) is 5.19. The highest BCUT2D eigenvalue weighted by molar-refractivity contribution is 7.34. The van der Waals surface area contributed by atoms with Gasteiger partial charge in [0.05, 0.1) is 0 Å². The molecule has 0 bridgehead atoms. The molecule has 120 valence electrons. The molecule has 0 N–H and O–H groups in total. The van der Waals surface area contributed by atoms with Gasteiger partial charge in [-0.3, -0.25) is 0 Å². The summed E-state index contributed by atoms with van der Waals surface area (Å²) in [6, 6.07) is 0. The summed E-state index contributed by atoms with van der Waals surface area (Å²) < 4.78 is 104. The fourth-order valence-electron chi connectivity index (χ4n) is 1.19. The predicted molar refractivity (Wildman–Crippen MR) is 62.9 cm³/mol. The lowest BCUT2D eigenvalue weighted by Crippen LogP contribution is -2.61. The Morgan fingerprint density at radius 1 is 1.00 bits per heavy atom. The third kappa shape index (κ3) is 3.41. The van der Waals surface area contributed by atoms with Crippen LogP contribution in [0, 0.1) is 0 Å². The molecule has 1 unspecified atom stereocenters. The second-order valence-corrected chi connectivity index (χ2v) is 9.49. The third-order valence-electron chi connectivity index (χ3n) is 2.54. The highest BCUT2D eigenvalue weighted by atomic mass is 35.7. The quantitative estimate of drug-likeness (QED) is 0.251. The van der Waals surface area contributed by atoms with E-state index in [4.69, 9.17) is 22.2 Å². The second kappa shape index (κ2) is 6.00. The van der Waals surface area contributed by atoms with Crippen LogP contribution < -0.4 is 0 Å². The SMILES string of the molecule is C=CC(F)(F)C(F)(F)C(F)(F)C(F)(F)CC(C)[SiH](Cl)Cl. The lowest BCUT2D eigenvalue weighted by atomic mass is 9.95.